The average Bonchev–Trinajstić information content (AvgIpc) is 2.58. The van der Waals surface area contributed by atoms with Gasteiger partial charge in [-0.3, -0.25) is 9.89 Å². The molecule has 1 aliphatic carbocycles. The van der Waals surface area contributed by atoms with Gasteiger partial charge in [0.1, 0.15) is 0 Å². The summed E-state index contributed by atoms with van der Waals surface area (Å²) in [6.07, 6.45) is 2.14. The molecule has 1 aromatic rings. The fourth-order valence-electron chi connectivity index (χ4n) is 2.33. The third-order valence-corrected chi connectivity index (χ3v) is 3.21. The molecule has 0 fully saturated rings. The van der Waals surface area contributed by atoms with Gasteiger partial charge in [0.05, 0.1) is 11.6 Å². The number of carboxylic acid groups (broad SMARTS) is 1. The highest BCUT2D eigenvalue weighted by Gasteiger charge is 2.31. The number of fused-ring (bicyclic) bond motifs is 1. The number of hydrogen-bond donors (Lipinski definition) is 2. The Morgan fingerprint density at radius 1 is 1.50 bits per heavy atom. The maximum absolute atomic E-state index is 11.0. The number of nitrogens with zero attached hydrogens (tertiary/aromatic N) is 1. The molecule has 88 valence electrons. The normalized spacial score (nSPS) is 20.6. The summed E-state index contributed by atoms with van der Waals surface area (Å²) < 4.78 is 0. The molecule has 1 aliphatic rings. The molecular formula is C12H18N2O2. The van der Waals surface area contributed by atoms with Crippen molar-refractivity contribution in [1.82, 2.24) is 10.2 Å². The topological polar surface area (TPSA) is 66.0 Å². The van der Waals surface area contributed by atoms with Crippen molar-refractivity contribution in [2.45, 2.75) is 45.4 Å². The molecule has 4 heteroatoms. The van der Waals surface area contributed by atoms with Crippen molar-refractivity contribution in [1.29, 1.82) is 0 Å². The zero-order valence-corrected chi connectivity index (χ0v) is 10.0. The maximum Gasteiger partial charge on any atom is 0.306 e. The van der Waals surface area contributed by atoms with Crippen LogP contribution in [0.15, 0.2) is 0 Å². The van der Waals surface area contributed by atoms with Gasteiger partial charge in [0.2, 0.25) is 0 Å². The fourth-order valence-corrected chi connectivity index (χ4v) is 2.33. The lowest BCUT2D eigenvalue weighted by Gasteiger charge is -2.23. The minimum absolute atomic E-state index is 0.0233. The minimum atomic E-state index is -0.688. The number of aromatic nitrogens is 2. The summed E-state index contributed by atoms with van der Waals surface area (Å²) in [4.78, 5) is 11.0. The largest absolute Gasteiger partial charge is 0.481 e. The number of H-pyrrole nitrogens is 1. The summed E-state index contributed by atoms with van der Waals surface area (Å²) in [6, 6.07) is 0. The number of hydrogen-bond acceptors (Lipinski definition) is 2. The zero-order valence-electron chi connectivity index (χ0n) is 10.0. The molecule has 0 bridgehead atoms. The lowest BCUT2D eigenvalue weighted by atomic mass is 9.81. The second-order valence-corrected chi connectivity index (χ2v) is 5.56. The summed E-state index contributed by atoms with van der Waals surface area (Å²) in [5.74, 6) is -0.932. The Hall–Kier alpha value is -1.32. The van der Waals surface area contributed by atoms with E-state index in [9.17, 15) is 4.79 Å². The van der Waals surface area contributed by atoms with Gasteiger partial charge in [-0.15, -0.1) is 0 Å². The summed E-state index contributed by atoms with van der Waals surface area (Å²) in [7, 11) is 0. The first-order valence-corrected chi connectivity index (χ1v) is 5.69. The number of carbonyl (C=O) groups is 1. The Balaban J connectivity index is 2.35. The van der Waals surface area contributed by atoms with E-state index in [4.69, 9.17) is 5.11 Å². The van der Waals surface area contributed by atoms with Crippen molar-refractivity contribution >= 4 is 5.97 Å². The van der Waals surface area contributed by atoms with Crippen LogP contribution in [0.4, 0.5) is 0 Å². The van der Waals surface area contributed by atoms with Crippen LogP contribution in [0.2, 0.25) is 0 Å². The Bertz CT molecular complexity index is 415. The van der Waals surface area contributed by atoms with Crippen molar-refractivity contribution in [3.8, 4) is 0 Å². The van der Waals surface area contributed by atoms with Gasteiger partial charge in [-0.25, -0.2) is 0 Å². The first kappa shape index (κ1) is 11.2. The van der Waals surface area contributed by atoms with Crippen LogP contribution in [-0.4, -0.2) is 21.3 Å². The third kappa shape index (κ3) is 1.84. The quantitative estimate of drug-likeness (QED) is 0.762. The highest BCUT2D eigenvalue weighted by atomic mass is 16.4. The van der Waals surface area contributed by atoms with Gasteiger partial charge in [0.15, 0.2) is 0 Å². The molecule has 2 N–H and O–H groups in total. The van der Waals surface area contributed by atoms with Crippen LogP contribution in [-0.2, 0) is 23.1 Å². The van der Waals surface area contributed by atoms with Gasteiger partial charge >= 0.3 is 5.97 Å². The molecule has 16 heavy (non-hydrogen) atoms. The van der Waals surface area contributed by atoms with Crippen molar-refractivity contribution in [2.24, 2.45) is 5.92 Å². The van der Waals surface area contributed by atoms with Crippen LogP contribution in [0, 0.1) is 5.92 Å². The SMILES string of the molecule is CC(C)(C)c1n[nH]c2c1C[C@@H](C(=O)O)CC2. The van der Waals surface area contributed by atoms with Crippen LogP contribution >= 0.6 is 0 Å². The van der Waals surface area contributed by atoms with Crippen molar-refractivity contribution < 1.29 is 9.90 Å². The maximum atomic E-state index is 11.0. The molecule has 0 radical (unpaired) electrons. The number of aromatic amines is 1. The highest BCUT2D eigenvalue weighted by Crippen LogP contribution is 2.32. The predicted molar refractivity (Wildman–Crippen MR) is 60.4 cm³/mol. The molecule has 0 aromatic carbocycles. The Morgan fingerprint density at radius 2 is 2.19 bits per heavy atom. The number of rotatable bonds is 1. The first-order chi connectivity index (χ1) is 7.39. The van der Waals surface area contributed by atoms with E-state index in [1.54, 1.807) is 0 Å². The lowest BCUT2D eigenvalue weighted by molar-refractivity contribution is -0.142. The van der Waals surface area contributed by atoms with Gasteiger partial charge in [0, 0.05) is 11.1 Å². The average molecular weight is 222 g/mol. The molecule has 0 saturated heterocycles. The first-order valence-electron chi connectivity index (χ1n) is 5.69. The number of aliphatic carboxylic acids is 1. The Labute approximate surface area is 95.1 Å². The van der Waals surface area contributed by atoms with E-state index in [0.717, 1.165) is 23.4 Å². The zero-order chi connectivity index (χ0) is 11.9. The molecule has 0 unspecified atom stereocenters. The summed E-state index contributed by atoms with van der Waals surface area (Å²) in [6.45, 7) is 6.31. The van der Waals surface area contributed by atoms with Crippen LogP contribution in [0.25, 0.3) is 0 Å². The highest BCUT2D eigenvalue weighted by molar-refractivity contribution is 5.71. The minimum Gasteiger partial charge on any atom is -0.481 e. The van der Waals surface area contributed by atoms with Crippen LogP contribution in [0.1, 0.15) is 44.1 Å². The molecule has 0 saturated carbocycles. The number of carboxylic acids is 1. The van der Waals surface area contributed by atoms with Crippen molar-refractivity contribution in [2.75, 3.05) is 0 Å². The molecule has 0 aliphatic heterocycles. The van der Waals surface area contributed by atoms with Gasteiger partial charge in [0.25, 0.3) is 0 Å². The van der Waals surface area contributed by atoms with Gasteiger partial charge < -0.3 is 5.11 Å². The molecular weight excluding hydrogens is 204 g/mol. The van der Waals surface area contributed by atoms with Crippen molar-refractivity contribution in [3.05, 3.63) is 17.0 Å². The second kappa shape index (κ2) is 3.61. The van der Waals surface area contributed by atoms with Crippen LogP contribution < -0.4 is 0 Å². The molecule has 1 atom stereocenters. The number of nitrogens with one attached hydrogen (secondary N) is 1. The van der Waals surface area contributed by atoms with E-state index >= 15 is 0 Å². The molecule has 2 rings (SSSR count). The predicted octanol–water partition coefficient (Wildman–Crippen LogP) is 1.90. The molecule has 0 amide bonds. The summed E-state index contributed by atoms with van der Waals surface area (Å²) in [5, 5.41) is 16.5. The summed E-state index contributed by atoms with van der Waals surface area (Å²) in [5.41, 5.74) is 3.26. The van der Waals surface area contributed by atoms with Crippen LogP contribution in [0.5, 0.6) is 0 Å². The van der Waals surface area contributed by atoms with E-state index < -0.39 is 5.97 Å². The third-order valence-electron chi connectivity index (χ3n) is 3.21. The van der Waals surface area contributed by atoms with E-state index in [1.807, 2.05) is 0 Å². The summed E-state index contributed by atoms with van der Waals surface area (Å²) >= 11 is 0. The Morgan fingerprint density at radius 3 is 2.75 bits per heavy atom. The van der Waals surface area contributed by atoms with Crippen LogP contribution in [0.3, 0.4) is 0 Å². The molecule has 4 nitrogen and oxygen atoms in total. The fraction of sp³-hybridized carbons (Fsp3) is 0.667. The molecule has 0 spiro atoms. The second-order valence-electron chi connectivity index (χ2n) is 5.56. The lowest BCUT2D eigenvalue weighted by Crippen LogP contribution is -2.24. The van der Waals surface area contributed by atoms with E-state index in [1.165, 1.54) is 0 Å². The smallest absolute Gasteiger partial charge is 0.306 e. The molecule has 1 aromatic heterocycles. The van der Waals surface area contributed by atoms with Gasteiger partial charge in [-0.05, 0) is 24.8 Å². The Kier molecular flexibility index (Phi) is 2.52. The molecule has 1 heterocycles. The van der Waals surface area contributed by atoms with Gasteiger partial charge in [-0.2, -0.15) is 5.10 Å². The number of aryl methyl sites for hydroxylation is 1. The van der Waals surface area contributed by atoms with Crippen molar-refractivity contribution in [3.63, 3.8) is 0 Å². The van der Waals surface area contributed by atoms with E-state index in [-0.39, 0.29) is 11.3 Å². The van der Waals surface area contributed by atoms with Gasteiger partial charge in [-0.1, -0.05) is 20.8 Å². The van der Waals surface area contributed by atoms with E-state index in [0.29, 0.717) is 12.8 Å². The monoisotopic (exact) mass is 222 g/mol. The standard InChI is InChI=1S/C12H18N2O2/c1-12(2,3)10-8-6-7(11(15)16)4-5-9(8)13-14-10/h7H,4-6H2,1-3H3,(H,13,14)(H,15,16)/t7-/m0/s1. The van der Waals surface area contributed by atoms with E-state index in [2.05, 4.69) is 31.0 Å².